The van der Waals surface area contributed by atoms with E-state index in [1.54, 1.807) is 0 Å². The molecular weight excluding hydrogens is 260 g/mol. The number of anilines is 1. The van der Waals surface area contributed by atoms with E-state index in [9.17, 15) is 4.79 Å². The van der Waals surface area contributed by atoms with E-state index in [4.69, 9.17) is 5.73 Å². The summed E-state index contributed by atoms with van der Waals surface area (Å²) in [6.45, 7) is 4.07. The molecule has 2 rings (SSSR count). The summed E-state index contributed by atoms with van der Waals surface area (Å²) >= 11 is 0. The molecule has 0 radical (unpaired) electrons. The van der Waals surface area contributed by atoms with Crippen LogP contribution >= 0.6 is 12.4 Å². The molecule has 19 heavy (non-hydrogen) atoms. The molecule has 4 heteroatoms. The second-order valence-corrected chi connectivity index (χ2v) is 5.43. The number of nitrogens with one attached hydrogen (secondary N) is 1. The fourth-order valence-electron chi connectivity index (χ4n) is 2.71. The van der Waals surface area contributed by atoms with Gasteiger partial charge in [-0.3, -0.25) is 4.79 Å². The van der Waals surface area contributed by atoms with Crippen LogP contribution in [-0.4, -0.2) is 11.9 Å². The standard InChI is InChI=1S/C15H22N2O.ClH/c1-10-6-7-14(11(2)8-10)17-15(18)9-12-4-3-5-13(12)16;/h6-8,12-13H,3-5,9,16H2,1-2H3,(H,17,18);1H/t12-,13+;/m0./s1. The van der Waals surface area contributed by atoms with Crippen molar-refractivity contribution in [2.24, 2.45) is 11.7 Å². The number of nitrogens with two attached hydrogens (primary N) is 1. The van der Waals surface area contributed by atoms with Gasteiger partial charge in [-0.2, -0.15) is 0 Å². The zero-order valence-electron chi connectivity index (χ0n) is 11.6. The maximum Gasteiger partial charge on any atom is 0.224 e. The molecular formula is C15H23ClN2O. The van der Waals surface area contributed by atoms with Gasteiger partial charge in [0.25, 0.3) is 0 Å². The summed E-state index contributed by atoms with van der Waals surface area (Å²) < 4.78 is 0. The second kappa shape index (κ2) is 6.92. The van der Waals surface area contributed by atoms with Gasteiger partial charge < -0.3 is 11.1 Å². The van der Waals surface area contributed by atoms with Gasteiger partial charge in [0.1, 0.15) is 0 Å². The molecule has 0 spiro atoms. The number of halogens is 1. The number of benzene rings is 1. The van der Waals surface area contributed by atoms with Crippen LogP contribution in [0.5, 0.6) is 0 Å². The molecule has 0 aliphatic heterocycles. The maximum absolute atomic E-state index is 12.0. The van der Waals surface area contributed by atoms with Crippen LogP contribution in [0.1, 0.15) is 36.8 Å². The summed E-state index contributed by atoms with van der Waals surface area (Å²) in [7, 11) is 0. The van der Waals surface area contributed by atoms with Crippen LogP contribution in [-0.2, 0) is 4.79 Å². The molecule has 2 atom stereocenters. The van der Waals surface area contributed by atoms with Gasteiger partial charge in [0.15, 0.2) is 0 Å². The van der Waals surface area contributed by atoms with Gasteiger partial charge in [-0.25, -0.2) is 0 Å². The quantitative estimate of drug-likeness (QED) is 0.895. The normalized spacial score (nSPS) is 21.8. The van der Waals surface area contributed by atoms with E-state index < -0.39 is 0 Å². The van der Waals surface area contributed by atoms with E-state index in [0.717, 1.165) is 30.5 Å². The number of rotatable bonds is 3. The summed E-state index contributed by atoms with van der Waals surface area (Å²) in [6, 6.07) is 6.27. The van der Waals surface area contributed by atoms with Crippen molar-refractivity contribution in [2.75, 3.05) is 5.32 Å². The Kier molecular flexibility index (Phi) is 5.83. The average molecular weight is 283 g/mol. The Morgan fingerprint density at radius 3 is 2.68 bits per heavy atom. The average Bonchev–Trinajstić information content (AvgIpc) is 2.69. The third-order valence-corrected chi connectivity index (χ3v) is 3.82. The predicted octanol–water partition coefficient (Wildman–Crippen LogP) is 3.18. The minimum absolute atomic E-state index is 0. The molecule has 1 saturated carbocycles. The Morgan fingerprint density at radius 1 is 1.37 bits per heavy atom. The molecule has 3 nitrogen and oxygen atoms in total. The van der Waals surface area contributed by atoms with Crippen LogP contribution < -0.4 is 11.1 Å². The first kappa shape index (κ1) is 16.0. The lowest BCUT2D eigenvalue weighted by Crippen LogP contribution is -2.28. The lowest BCUT2D eigenvalue weighted by atomic mass is 9.99. The predicted molar refractivity (Wildman–Crippen MR) is 81.7 cm³/mol. The molecule has 1 aliphatic carbocycles. The molecule has 106 valence electrons. The number of amides is 1. The highest BCUT2D eigenvalue weighted by Gasteiger charge is 2.26. The fraction of sp³-hybridized carbons (Fsp3) is 0.533. The highest BCUT2D eigenvalue weighted by atomic mass is 35.5. The first-order chi connectivity index (χ1) is 8.56. The van der Waals surface area contributed by atoms with Crippen molar-refractivity contribution in [1.82, 2.24) is 0 Å². The van der Waals surface area contributed by atoms with Gasteiger partial charge in [-0.05, 0) is 44.2 Å². The Morgan fingerprint density at radius 2 is 2.11 bits per heavy atom. The van der Waals surface area contributed by atoms with Gasteiger partial charge in [-0.15, -0.1) is 12.4 Å². The van der Waals surface area contributed by atoms with Crippen LogP contribution in [0.3, 0.4) is 0 Å². The van der Waals surface area contributed by atoms with E-state index in [2.05, 4.69) is 18.3 Å². The lowest BCUT2D eigenvalue weighted by molar-refractivity contribution is -0.117. The van der Waals surface area contributed by atoms with Crippen molar-refractivity contribution < 1.29 is 4.79 Å². The molecule has 1 aromatic rings. The van der Waals surface area contributed by atoms with Crippen LogP contribution in [0.25, 0.3) is 0 Å². The SMILES string of the molecule is Cc1ccc(NC(=O)C[C@@H]2CCC[C@H]2N)c(C)c1.Cl. The smallest absolute Gasteiger partial charge is 0.224 e. The maximum atomic E-state index is 12.0. The molecule has 0 saturated heterocycles. The van der Waals surface area contributed by atoms with Crippen molar-refractivity contribution in [3.63, 3.8) is 0 Å². The number of hydrogen-bond acceptors (Lipinski definition) is 2. The minimum Gasteiger partial charge on any atom is -0.327 e. The largest absolute Gasteiger partial charge is 0.327 e. The van der Waals surface area contributed by atoms with Crippen LogP contribution in [0.15, 0.2) is 18.2 Å². The van der Waals surface area contributed by atoms with Gasteiger partial charge in [0, 0.05) is 18.2 Å². The molecule has 0 aromatic heterocycles. The Balaban J connectivity index is 0.00000180. The summed E-state index contributed by atoms with van der Waals surface area (Å²) in [5.74, 6) is 0.444. The molecule has 1 aromatic carbocycles. The van der Waals surface area contributed by atoms with Crippen molar-refractivity contribution >= 4 is 24.0 Å². The van der Waals surface area contributed by atoms with Gasteiger partial charge in [-0.1, -0.05) is 24.1 Å². The molecule has 0 heterocycles. The summed E-state index contributed by atoms with van der Waals surface area (Å²) in [4.78, 5) is 12.0. The van der Waals surface area contributed by atoms with Gasteiger partial charge >= 0.3 is 0 Å². The third kappa shape index (κ3) is 4.22. The highest BCUT2D eigenvalue weighted by Crippen LogP contribution is 2.27. The first-order valence-corrected chi connectivity index (χ1v) is 6.69. The van der Waals surface area contributed by atoms with E-state index in [0.29, 0.717) is 12.3 Å². The number of aryl methyl sites for hydroxylation is 2. The zero-order chi connectivity index (χ0) is 13.1. The third-order valence-electron chi connectivity index (χ3n) is 3.82. The van der Waals surface area contributed by atoms with Gasteiger partial charge in [0.05, 0.1) is 0 Å². The molecule has 1 aliphatic rings. The summed E-state index contributed by atoms with van der Waals surface area (Å²) in [5.41, 5.74) is 9.23. The molecule has 1 fully saturated rings. The van der Waals surface area contributed by atoms with Crippen molar-refractivity contribution in [1.29, 1.82) is 0 Å². The van der Waals surface area contributed by atoms with E-state index in [1.165, 1.54) is 5.56 Å². The van der Waals surface area contributed by atoms with Crippen LogP contribution in [0.2, 0.25) is 0 Å². The second-order valence-electron chi connectivity index (χ2n) is 5.43. The minimum atomic E-state index is 0. The van der Waals surface area contributed by atoms with Crippen molar-refractivity contribution in [3.8, 4) is 0 Å². The summed E-state index contributed by atoms with van der Waals surface area (Å²) in [5, 5.41) is 2.99. The van der Waals surface area contributed by atoms with Gasteiger partial charge in [0.2, 0.25) is 5.91 Å². The van der Waals surface area contributed by atoms with Crippen molar-refractivity contribution in [3.05, 3.63) is 29.3 Å². The molecule has 0 unspecified atom stereocenters. The number of carbonyl (C=O) groups is 1. The van der Waals surface area contributed by atoms with Crippen molar-refractivity contribution in [2.45, 2.75) is 45.6 Å². The molecule has 3 N–H and O–H groups in total. The van der Waals surface area contributed by atoms with Crippen LogP contribution in [0.4, 0.5) is 5.69 Å². The Hall–Kier alpha value is -1.06. The first-order valence-electron chi connectivity index (χ1n) is 6.69. The number of carbonyl (C=O) groups excluding carboxylic acids is 1. The topological polar surface area (TPSA) is 55.1 Å². The van der Waals surface area contributed by atoms with E-state index in [-0.39, 0.29) is 24.4 Å². The zero-order valence-corrected chi connectivity index (χ0v) is 12.4. The molecule has 1 amide bonds. The Bertz CT molecular complexity index is 448. The molecule has 0 bridgehead atoms. The monoisotopic (exact) mass is 282 g/mol. The van der Waals surface area contributed by atoms with E-state index >= 15 is 0 Å². The number of hydrogen-bond donors (Lipinski definition) is 2. The highest BCUT2D eigenvalue weighted by molar-refractivity contribution is 5.91. The fourth-order valence-corrected chi connectivity index (χ4v) is 2.71. The summed E-state index contributed by atoms with van der Waals surface area (Å²) in [6.07, 6.45) is 3.85. The lowest BCUT2D eigenvalue weighted by Gasteiger charge is -2.15. The van der Waals surface area contributed by atoms with Crippen LogP contribution in [0, 0.1) is 19.8 Å². The van der Waals surface area contributed by atoms with E-state index in [1.807, 2.05) is 19.1 Å². The Labute approximate surface area is 121 Å².